The van der Waals surface area contributed by atoms with Gasteiger partial charge in [0.15, 0.2) is 0 Å². The summed E-state index contributed by atoms with van der Waals surface area (Å²) < 4.78 is 37.1. The van der Waals surface area contributed by atoms with Crippen LogP contribution in [-0.2, 0) is 14.8 Å². The molecule has 0 radical (unpaired) electrons. The monoisotopic (exact) mass is 441 g/mol. The van der Waals surface area contributed by atoms with Crippen LogP contribution >= 0.6 is 0 Å². The van der Waals surface area contributed by atoms with E-state index in [1.807, 2.05) is 19.1 Å². The molecule has 0 saturated carbocycles. The van der Waals surface area contributed by atoms with Crippen LogP contribution in [0.25, 0.3) is 0 Å². The summed E-state index contributed by atoms with van der Waals surface area (Å²) in [7, 11) is -2.45. The number of nitrogens with one attached hydrogen (secondary N) is 1. The molecule has 3 aromatic rings. The number of benzene rings is 2. The number of aromatic nitrogens is 1. The van der Waals surface area contributed by atoms with Crippen molar-refractivity contribution in [3.8, 4) is 17.2 Å². The minimum absolute atomic E-state index is 0.0288. The molecule has 9 heteroatoms. The zero-order valence-electron chi connectivity index (χ0n) is 17.2. The van der Waals surface area contributed by atoms with Crippen molar-refractivity contribution in [1.82, 2.24) is 9.29 Å². The van der Waals surface area contributed by atoms with E-state index in [2.05, 4.69) is 10.3 Å². The molecular formula is C22H23N3O5S. The van der Waals surface area contributed by atoms with E-state index in [-0.39, 0.29) is 11.4 Å². The van der Waals surface area contributed by atoms with Gasteiger partial charge in [-0.25, -0.2) is 8.42 Å². The predicted molar refractivity (Wildman–Crippen MR) is 117 cm³/mol. The Morgan fingerprint density at radius 1 is 1.00 bits per heavy atom. The lowest BCUT2D eigenvalue weighted by Crippen LogP contribution is -2.35. The summed E-state index contributed by atoms with van der Waals surface area (Å²) in [6, 6.07) is 17.0. The zero-order chi connectivity index (χ0) is 22.3. The quantitative estimate of drug-likeness (QED) is 0.546. The van der Waals surface area contributed by atoms with Crippen LogP contribution in [0.15, 0.2) is 78.0 Å². The molecule has 0 spiro atoms. The number of rotatable bonds is 9. The minimum atomic E-state index is -3.79. The standard InChI is InChI=1S/C22H23N3O5S/c1-3-29-18-10-12-20(13-11-18)30-19-8-6-17(7-9-19)24-22(26)16-25(2)31(27,28)21-5-4-14-23-15-21/h4-15H,3,16H2,1-2H3,(H,24,26). The number of likely N-dealkylation sites (N-methyl/N-ethyl adjacent to an activating group) is 1. The number of carbonyl (C=O) groups is 1. The Morgan fingerprint density at radius 3 is 2.19 bits per heavy atom. The van der Waals surface area contributed by atoms with Crippen LogP contribution < -0.4 is 14.8 Å². The van der Waals surface area contributed by atoms with Crippen LogP contribution in [0.2, 0.25) is 0 Å². The van der Waals surface area contributed by atoms with Gasteiger partial charge in [-0.15, -0.1) is 0 Å². The maximum Gasteiger partial charge on any atom is 0.244 e. The summed E-state index contributed by atoms with van der Waals surface area (Å²) in [5, 5.41) is 2.68. The fourth-order valence-electron chi connectivity index (χ4n) is 2.68. The molecule has 0 bridgehead atoms. The SMILES string of the molecule is CCOc1ccc(Oc2ccc(NC(=O)CN(C)S(=O)(=O)c3cccnc3)cc2)cc1. The molecule has 8 nitrogen and oxygen atoms in total. The molecule has 0 saturated heterocycles. The number of nitrogens with zero attached hydrogens (tertiary/aromatic N) is 2. The van der Waals surface area contributed by atoms with Crippen molar-refractivity contribution in [1.29, 1.82) is 0 Å². The van der Waals surface area contributed by atoms with E-state index in [9.17, 15) is 13.2 Å². The first-order valence-electron chi connectivity index (χ1n) is 9.55. The molecule has 0 atom stereocenters. The molecule has 2 aromatic carbocycles. The fraction of sp³-hybridized carbons (Fsp3) is 0.182. The second kappa shape index (κ2) is 10.1. The second-order valence-corrected chi connectivity index (χ2v) is 8.57. The van der Waals surface area contributed by atoms with Crippen LogP contribution in [0.3, 0.4) is 0 Å². The maximum atomic E-state index is 12.5. The molecular weight excluding hydrogens is 418 g/mol. The summed E-state index contributed by atoms with van der Waals surface area (Å²) >= 11 is 0. The van der Waals surface area contributed by atoms with Crippen LogP contribution in [0.1, 0.15) is 6.92 Å². The normalized spacial score (nSPS) is 11.2. The molecule has 1 N–H and O–H groups in total. The van der Waals surface area contributed by atoms with Crippen molar-refractivity contribution >= 4 is 21.6 Å². The third-order valence-electron chi connectivity index (χ3n) is 4.22. The Kier molecular flexibility index (Phi) is 7.22. The van der Waals surface area contributed by atoms with Crippen molar-refractivity contribution in [3.05, 3.63) is 73.1 Å². The molecule has 0 aliphatic carbocycles. The summed E-state index contributed by atoms with van der Waals surface area (Å²) in [5.74, 6) is 1.56. The van der Waals surface area contributed by atoms with E-state index in [0.29, 0.717) is 23.8 Å². The summed E-state index contributed by atoms with van der Waals surface area (Å²) in [6.07, 6.45) is 2.72. The Balaban J connectivity index is 1.56. The van der Waals surface area contributed by atoms with Crippen LogP contribution in [0, 0.1) is 0 Å². The highest BCUT2D eigenvalue weighted by molar-refractivity contribution is 7.89. The van der Waals surface area contributed by atoms with E-state index in [1.54, 1.807) is 36.4 Å². The van der Waals surface area contributed by atoms with Gasteiger partial charge in [0.25, 0.3) is 0 Å². The van der Waals surface area contributed by atoms with Gasteiger partial charge in [0.05, 0.1) is 13.2 Å². The highest BCUT2D eigenvalue weighted by Gasteiger charge is 2.23. The first-order valence-corrected chi connectivity index (χ1v) is 11.0. The van der Waals surface area contributed by atoms with E-state index >= 15 is 0 Å². The van der Waals surface area contributed by atoms with Gasteiger partial charge in [0.2, 0.25) is 15.9 Å². The van der Waals surface area contributed by atoms with E-state index in [1.165, 1.54) is 31.6 Å². The van der Waals surface area contributed by atoms with Crippen LogP contribution in [0.4, 0.5) is 5.69 Å². The number of amides is 1. The minimum Gasteiger partial charge on any atom is -0.494 e. The Morgan fingerprint density at radius 2 is 1.61 bits per heavy atom. The first-order chi connectivity index (χ1) is 14.9. The summed E-state index contributed by atoms with van der Waals surface area (Å²) in [4.78, 5) is 16.1. The molecule has 1 heterocycles. The molecule has 3 rings (SSSR count). The number of anilines is 1. The maximum absolute atomic E-state index is 12.5. The Bertz CT molecular complexity index is 1100. The number of carbonyl (C=O) groups excluding carboxylic acids is 1. The van der Waals surface area contributed by atoms with Gasteiger partial charge in [-0.1, -0.05) is 0 Å². The van der Waals surface area contributed by atoms with Crippen molar-refractivity contribution in [2.75, 3.05) is 25.5 Å². The van der Waals surface area contributed by atoms with E-state index in [4.69, 9.17) is 9.47 Å². The molecule has 0 unspecified atom stereocenters. The highest BCUT2D eigenvalue weighted by atomic mass is 32.2. The highest BCUT2D eigenvalue weighted by Crippen LogP contribution is 2.25. The molecule has 1 amide bonds. The lowest BCUT2D eigenvalue weighted by molar-refractivity contribution is -0.116. The Labute approximate surface area is 181 Å². The van der Waals surface area contributed by atoms with Crippen molar-refractivity contribution < 1.29 is 22.7 Å². The molecule has 0 fully saturated rings. The van der Waals surface area contributed by atoms with Crippen LogP contribution in [0.5, 0.6) is 17.2 Å². The van der Waals surface area contributed by atoms with Crippen LogP contribution in [-0.4, -0.2) is 43.8 Å². The average Bonchev–Trinajstić information content (AvgIpc) is 2.77. The van der Waals surface area contributed by atoms with E-state index in [0.717, 1.165) is 10.1 Å². The number of ether oxygens (including phenoxy) is 2. The van der Waals surface area contributed by atoms with Crippen molar-refractivity contribution in [2.45, 2.75) is 11.8 Å². The molecule has 1 aromatic heterocycles. The van der Waals surface area contributed by atoms with Gasteiger partial charge in [-0.2, -0.15) is 4.31 Å². The second-order valence-electron chi connectivity index (χ2n) is 6.53. The molecule has 0 aliphatic rings. The number of pyridine rings is 1. The molecule has 0 aliphatic heterocycles. The fourth-order valence-corrected chi connectivity index (χ4v) is 3.77. The summed E-state index contributed by atoms with van der Waals surface area (Å²) in [6.45, 7) is 2.18. The summed E-state index contributed by atoms with van der Waals surface area (Å²) in [5.41, 5.74) is 0.524. The third-order valence-corrected chi connectivity index (χ3v) is 6.00. The zero-order valence-corrected chi connectivity index (χ0v) is 18.0. The molecule has 31 heavy (non-hydrogen) atoms. The smallest absolute Gasteiger partial charge is 0.244 e. The van der Waals surface area contributed by atoms with Gasteiger partial charge in [0, 0.05) is 25.1 Å². The largest absolute Gasteiger partial charge is 0.494 e. The van der Waals surface area contributed by atoms with Gasteiger partial charge >= 0.3 is 0 Å². The van der Waals surface area contributed by atoms with Gasteiger partial charge in [-0.05, 0) is 67.6 Å². The molecule has 162 valence electrons. The number of hydrogen-bond acceptors (Lipinski definition) is 6. The predicted octanol–water partition coefficient (Wildman–Crippen LogP) is 3.53. The lowest BCUT2D eigenvalue weighted by atomic mass is 10.3. The number of hydrogen-bond donors (Lipinski definition) is 1. The topological polar surface area (TPSA) is 97.8 Å². The van der Waals surface area contributed by atoms with Crippen molar-refractivity contribution in [3.63, 3.8) is 0 Å². The third kappa shape index (κ3) is 6.03. The lowest BCUT2D eigenvalue weighted by Gasteiger charge is -2.16. The van der Waals surface area contributed by atoms with Gasteiger partial charge in [-0.3, -0.25) is 9.78 Å². The van der Waals surface area contributed by atoms with Crippen molar-refractivity contribution in [2.24, 2.45) is 0 Å². The number of sulfonamides is 1. The van der Waals surface area contributed by atoms with Gasteiger partial charge < -0.3 is 14.8 Å². The Hall–Kier alpha value is -3.43. The first kappa shape index (κ1) is 22.3. The van der Waals surface area contributed by atoms with E-state index < -0.39 is 15.9 Å². The van der Waals surface area contributed by atoms with Gasteiger partial charge in [0.1, 0.15) is 22.1 Å². The average molecular weight is 442 g/mol.